The third kappa shape index (κ3) is 4.50. The Kier molecular flexibility index (Phi) is 7.52. The van der Waals surface area contributed by atoms with Crippen molar-refractivity contribution < 1.29 is 19.5 Å². The Bertz CT molecular complexity index is 1450. The zero-order valence-electron chi connectivity index (χ0n) is 24.0. The maximum Gasteiger partial charge on any atom is 0.251 e. The minimum absolute atomic E-state index is 0.0839. The van der Waals surface area contributed by atoms with E-state index in [2.05, 4.69) is 6.08 Å². The highest BCUT2D eigenvalue weighted by Gasteiger charge is 2.74. The van der Waals surface area contributed by atoms with Gasteiger partial charge in [-0.25, -0.2) is 0 Å². The molecule has 2 saturated heterocycles. The van der Waals surface area contributed by atoms with Crippen molar-refractivity contribution in [1.29, 1.82) is 0 Å². The molecule has 4 heterocycles. The number of likely N-dealkylation sites (tertiary alicyclic amines) is 1. The molecule has 2 fully saturated rings. The molecule has 0 aromatic heterocycles. The van der Waals surface area contributed by atoms with Gasteiger partial charge in [-0.05, 0) is 42.7 Å². The van der Waals surface area contributed by atoms with Crippen LogP contribution >= 0.6 is 23.4 Å². The number of aliphatic hydroxyl groups excluding tert-OH is 1. The number of carbonyl (C=O) groups is 3. The molecule has 3 amide bonds. The van der Waals surface area contributed by atoms with Crippen LogP contribution < -0.4 is 4.90 Å². The second-order valence-electron chi connectivity index (χ2n) is 12.2. The topological polar surface area (TPSA) is 81.2 Å². The average molecular weight is 606 g/mol. The standard InChI is InChI=1S/C33H36ClN3O4S/c1-21(2)25(20-38)37-28-31(41)36(24-13-11-23(34)12-14-24)18-8-16-33(28)27(30(37)40)26-29(39)35(17-7-15-32(26,3)42-33)19-22-9-5-4-6-10-22/h4-16,21,25-28,38H,17-20H2,1-3H3/t25-,26-,27-,28?,32+,33-/m0/s1. The molecule has 2 aromatic rings. The molecule has 6 atom stereocenters. The summed E-state index contributed by atoms with van der Waals surface area (Å²) in [5.74, 6) is -2.08. The Morgan fingerprint density at radius 1 is 0.929 bits per heavy atom. The highest BCUT2D eigenvalue weighted by molar-refractivity contribution is 8.02. The molecule has 220 valence electrons. The van der Waals surface area contributed by atoms with E-state index in [1.165, 1.54) is 0 Å². The van der Waals surface area contributed by atoms with Gasteiger partial charge in [0.05, 0.1) is 29.2 Å². The van der Waals surface area contributed by atoms with Crippen molar-refractivity contribution in [3.8, 4) is 0 Å². The number of rotatable bonds is 6. The van der Waals surface area contributed by atoms with Gasteiger partial charge in [0.1, 0.15) is 6.04 Å². The normalized spacial score (nSPS) is 31.2. The molecule has 1 N–H and O–H groups in total. The zero-order chi connectivity index (χ0) is 29.8. The Balaban J connectivity index is 1.47. The van der Waals surface area contributed by atoms with Crippen molar-refractivity contribution >= 4 is 46.8 Å². The van der Waals surface area contributed by atoms with Crippen LogP contribution in [-0.4, -0.2) is 73.9 Å². The predicted molar refractivity (Wildman–Crippen MR) is 166 cm³/mol. The smallest absolute Gasteiger partial charge is 0.251 e. The van der Waals surface area contributed by atoms with Gasteiger partial charge in [-0.15, -0.1) is 11.8 Å². The molecule has 9 heteroatoms. The van der Waals surface area contributed by atoms with E-state index in [4.69, 9.17) is 11.6 Å². The Morgan fingerprint density at radius 2 is 1.62 bits per heavy atom. The summed E-state index contributed by atoms with van der Waals surface area (Å²) in [5.41, 5.74) is 1.70. The Hall–Kier alpha value is -3.07. The lowest BCUT2D eigenvalue weighted by Gasteiger charge is -2.41. The quantitative estimate of drug-likeness (QED) is 0.489. The number of carbonyl (C=O) groups excluding carboxylic acids is 3. The number of thioether (sulfide) groups is 1. The molecular formula is C33H36ClN3O4S. The second kappa shape index (κ2) is 10.9. The van der Waals surface area contributed by atoms with Gasteiger partial charge in [-0.2, -0.15) is 0 Å². The van der Waals surface area contributed by atoms with E-state index in [1.807, 2.05) is 74.2 Å². The average Bonchev–Trinajstić information content (AvgIpc) is 3.23. The molecule has 1 unspecified atom stereocenters. The molecule has 2 aromatic carbocycles. The van der Waals surface area contributed by atoms with Gasteiger partial charge in [0, 0.05) is 35.1 Å². The van der Waals surface area contributed by atoms with Crippen LogP contribution in [0.1, 0.15) is 26.3 Å². The first-order chi connectivity index (χ1) is 20.1. The van der Waals surface area contributed by atoms with Gasteiger partial charge >= 0.3 is 0 Å². The van der Waals surface area contributed by atoms with E-state index < -0.39 is 33.4 Å². The summed E-state index contributed by atoms with van der Waals surface area (Å²) in [7, 11) is 0. The highest BCUT2D eigenvalue weighted by atomic mass is 35.5. The molecule has 4 aliphatic rings. The van der Waals surface area contributed by atoms with Crippen LogP contribution in [0, 0.1) is 17.8 Å². The van der Waals surface area contributed by atoms with Crippen molar-refractivity contribution in [2.75, 3.05) is 24.6 Å². The molecule has 0 radical (unpaired) electrons. The highest BCUT2D eigenvalue weighted by Crippen LogP contribution is 2.66. The van der Waals surface area contributed by atoms with Crippen LogP contribution in [0.3, 0.4) is 0 Å². The fourth-order valence-corrected chi connectivity index (χ4v) is 9.56. The molecule has 0 aliphatic carbocycles. The lowest BCUT2D eigenvalue weighted by molar-refractivity contribution is -0.146. The molecule has 1 spiro atoms. The minimum Gasteiger partial charge on any atom is -0.394 e. The lowest BCUT2D eigenvalue weighted by atomic mass is 9.74. The number of hydrogen-bond acceptors (Lipinski definition) is 5. The van der Waals surface area contributed by atoms with Gasteiger partial charge in [0.25, 0.3) is 5.91 Å². The predicted octanol–water partition coefficient (Wildman–Crippen LogP) is 4.55. The van der Waals surface area contributed by atoms with Gasteiger partial charge in [0.15, 0.2) is 0 Å². The van der Waals surface area contributed by atoms with E-state index in [9.17, 15) is 19.5 Å². The number of aliphatic hydroxyl groups is 1. The molecule has 0 saturated carbocycles. The molecule has 42 heavy (non-hydrogen) atoms. The largest absolute Gasteiger partial charge is 0.394 e. The van der Waals surface area contributed by atoms with E-state index >= 15 is 0 Å². The van der Waals surface area contributed by atoms with E-state index in [-0.39, 0.29) is 30.2 Å². The monoisotopic (exact) mass is 605 g/mol. The van der Waals surface area contributed by atoms with Crippen molar-refractivity contribution in [3.05, 3.63) is 89.5 Å². The van der Waals surface area contributed by atoms with Crippen molar-refractivity contribution in [2.45, 2.75) is 48.9 Å². The Labute approximate surface area is 256 Å². The van der Waals surface area contributed by atoms with Crippen LogP contribution in [0.15, 0.2) is 78.9 Å². The molecule has 6 rings (SSSR count). The summed E-state index contributed by atoms with van der Waals surface area (Å²) in [4.78, 5) is 49.0. The number of nitrogens with zero attached hydrogens (tertiary/aromatic N) is 3. The first-order valence-electron chi connectivity index (χ1n) is 14.5. The van der Waals surface area contributed by atoms with E-state index in [1.54, 1.807) is 45.8 Å². The third-order valence-corrected chi connectivity index (χ3v) is 11.3. The molecular weight excluding hydrogens is 570 g/mol. The first kappa shape index (κ1) is 29.0. The van der Waals surface area contributed by atoms with Crippen LogP contribution in [0.25, 0.3) is 0 Å². The van der Waals surface area contributed by atoms with Crippen molar-refractivity contribution in [3.63, 3.8) is 0 Å². The van der Waals surface area contributed by atoms with Crippen LogP contribution in [0.5, 0.6) is 0 Å². The fraction of sp³-hybridized carbons (Fsp3) is 0.424. The first-order valence-corrected chi connectivity index (χ1v) is 15.7. The summed E-state index contributed by atoms with van der Waals surface area (Å²) in [6.45, 7) is 6.85. The summed E-state index contributed by atoms with van der Waals surface area (Å²) < 4.78 is -1.67. The minimum atomic E-state index is -0.979. The van der Waals surface area contributed by atoms with Crippen LogP contribution in [0.2, 0.25) is 5.02 Å². The van der Waals surface area contributed by atoms with Gasteiger partial charge in [-0.3, -0.25) is 14.4 Å². The van der Waals surface area contributed by atoms with Crippen molar-refractivity contribution in [1.82, 2.24) is 9.80 Å². The molecule has 4 aliphatic heterocycles. The number of amides is 3. The van der Waals surface area contributed by atoms with Crippen LogP contribution in [-0.2, 0) is 20.9 Å². The van der Waals surface area contributed by atoms with E-state index in [0.29, 0.717) is 30.3 Å². The fourth-order valence-electron chi connectivity index (χ4n) is 7.29. The van der Waals surface area contributed by atoms with Gasteiger partial charge < -0.3 is 19.8 Å². The SMILES string of the molecule is CC(C)[C@H](CO)N1C(=O)[C@@H]2[C@H]3C(=O)N(Cc4ccccc4)CC=C[C@@]3(C)S[C@@]23C=CCN(c2ccc(Cl)cc2)C(=O)C13. The zero-order valence-corrected chi connectivity index (χ0v) is 25.6. The van der Waals surface area contributed by atoms with Crippen LogP contribution in [0.4, 0.5) is 5.69 Å². The maximum absolute atomic E-state index is 14.7. The number of halogens is 1. The number of fused-ring (bicyclic) bond motifs is 2. The number of anilines is 1. The van der Waals surface area contributed by atoms with E-state index in [0.717, 1.165) is 5.56 Å². The number of hydrogen-bond donors (Lipinski definition) is 1. The van der Waals surface area contributed by atoms with Gasteiger partial charge in [0.2, 0.25) is 11.8 Å². The van der Waals surface area contributed by atoms with Gasteiger partial charge in [-0.1, -0.05) is 80.1 Å². The summed E-state index contributed by atoms with van der Waals surface area (Å²) in [6, 6.07) is 15.5. The number of benzene rings is 2. The summed E-state index contributed by atoms with van der Waals surface area (Å²) in [6.07, 6.45) is 8.06. The maximum atomic E-state index is 14.7. The van der Waals surface area contributed by atoms with Crippen molar-refractivity contribution in [2.24, 2.45) is 17.8 Å². The summed E-state index contributed by atoms with van der Waals surface area (Å²) in [5, 5.41) is 11.1. The second-order valence-corrected chi connectivity index (χ2v) is 14.4. The third-order valence-electron chi connectivity index (χ3n) is 9.25. The summed E-state index contributed by atoms with van der Waals surface area (Å²) >= 11 is 7.70. The lowest BCUT2D eigenvalue weighted by Crippen LogP contribution is -2.58. The molecule has 0 bridgehead atoms. The molecule has 7 nitrogen and oxygen atoms in total. The Morgan fingerprint density at radius 3 is 2.29 bits per heavy atom.